The van der Waals surface area contributed by atoms with Gasteiger partial charge in [0.2, 0.25) is 11.8 Å². The lowest BCUT2D eigenvalue weighted by atomic mass is 10.1. The number of nitrogens with one attached hydrogen (secondary N) is 3. The standard InChI is InChI=1S/C20H28N6O3/c1-12(2)23-20(29)26-8-7-22-11-17(26)19(28)25-16(18(21)27)10-14-9-13-5-3-4-6-15(13)24-14/h3-6,9,12,16-17,22,24H,7-8,10-11H2,1-2H3,(H2,21,27)(H,23,29)(H,25,28)/p+1/t16-,17+/m1/s1. The first-order valence-corrected chi connectivity index (χ1v) is 9.90. The highest BCUT2D eigenvalue weighted by molar-refractivity contribution is 5.92. The quantitative estimate of drug-likeness (QED) is 0.427. The second-order valence-corrected chi connectivity index (χ2v) is 7.68. The monoisotopic (exact) mass is 401 g/mol. The van der Waals surface area contributed by atoms with E-state index in [1.165, 1.54) is 4.90 Å². The minimum Gasteiger partial charge on any atom is -0.368 e. The third-order valence-electron chi connectivity index (χ3n) is 4.99. The highest BCUT2D eigenvalue weighted by Crippen LogP contribution is 2.16. The van der Waals surface area contributed by atoms with Crippen molar-refractivity contribution in [1.29, 1.82) is 0 Å². The predicted octanol–water partition coefficient (Wildman–Crippen LogP) is -0.954. The van der Waals surface area contributed by atoms with Crippen LogP contribution in [-0.2, 0) is 16.0 Å². The van der Waals surface area contributed by atoms with Gasteiger partial charge in [0.05, 0.1) is 13.1 Å². The predicted molar refractivity (Wildman–Crippen MR) is 109 cm³/mol. The van der Waals surface area contributed by atoms with E-state index in [4.69, 9.17) is 5.73 Å². The number of aromatic nitrogens is 1. The van der Waals surface area contributed by atoms with Gasteiger partial charge in [-0.3, -0.25) is 9.59 Å². The van der Waals surface area contributed by atoms with E-state index in [0.717, 1.165) is 23.1 Å². The summed E-state index contributed by atoms with van der Waals surface area (Å²) in [5.41, 5.74) is 7.31. The number of para-hydroxylation sites is 1. The maximum absolute atomic E-state index is 12.9. The average molecular weight is 401 g/mol. The molecule has 9 heteroatoms. The summed E-state index contributed by atoms with van der Waals surface area (Å²) >= 11 is 0. The number of rotatable bonds is 6. The van der Waals surface area contributed by atoms with Crippen LogP contribution in [0.15, 0.2) is 30.3 Å². The number of benzene rings is 1. The number of quaternary nitrogens is 1. The Morgan fingerprint density at radius 1 is 1.28 bits per heavy atom. The number of aromatic amines is 1. The minimum atomic E-state index is -0.868. The molecule has 2 heterocycles. The first-order chi connectivity index (χ1) is 13.8. The number of amides is 4. The van der Waals surface area contributed by atoms with Crippen molar-refractivity contribution in [3.05, 3.63) is 36.0 Å². The molecule has 0 spiro atoms. The van der Waals surface area contributed by atoms with Crippen molar-refractivity contribution in [2.45, 2.75) is 38.4 Å². The third-order valence-corrected chi connectivity index (χ3v) is 4.99. The molecule has 0 unspecified atom stereocenters. The molecule has 1 aromatic heterocycles. The van der Waals surface area contributed by atoms with E-state index in [9.17, 15) is 14.4 Å². The van der Waals surface area contributed by atoms with E-state index in [0.29, 0.717) is 13.1 Å². The lowest BCUT2D eigenvalue weighted by Crippen LogP contribution is -2.93. The van der Waals surface area contributed by atoms with E-state index >= 15 is 0 Å². The molecular weight excluding hydrogens is 372 g/mol. The number of primary amides is 1. The summed E-state index contributed by atoms with van der Waals surface area (Å²) in [6.07, 6.45) is 0.254. The number of urea groups is 1. The van der Waals surface area contributed by atoms with Gasteiger partial charge in [-0.2, -0.15) is 0 Å². The van der Waals surface area contributed by atoms with Crippen LogP contribution in [0.3, 0.4) is 0 Å². The van der Waals surface area contributed by atoms with Gasteiger partial charge < -0.3 is 31.6 Å². The molecule has 2 aromatic rings. The molecule has 0 radical (unpaired) electrons. The van der Waals surface area contributed by atoms with Gasteiger partial charge in [-0.1, -0.05) is 18.2 Å². The molecule has 1 aromatic carbocycles. The van der Waals surface area contributed by atoms with Crippen molar-refractivity contribution in [2.24, 2.45) is 5.73 Å². The molecule has 1 saturated heterocycles. The van der Waals surface area contributed by atoms with Crippen molar-refractivity contribution < 1.29 is 19.7 Å². The maximum Gasteiger partial charge on any atom is 0.318 e. The Morgan fingerprint density at radius 3 is 2.72 bits per heavy atom. The van der Waals surface area contributed by atoms with Gasteiger partial charge in [-0.15, -0.1) is 0 Å². The van der Waals surface area contributed by atoms with Crippen LogP contribution in [0.1, 0.15) is 19.5 Å². The Bertz CT molecular complexity index is 860. The van der Waals surface area contributed by atoms with Crippen molar-refractivity contribution in [2.75, 3.05) is 19.6 Å². The van der Waals surface area contributed by atoms with Crippen LogP contribution in [0.2, 0.25) is 0 Å². The molecule has 9 nitrogen and oxygen atoms in total. The molecule has 0 aliphatic carbocycles. The topological polar surface area (TPSA) is 137 Å². The summed E-state index contributed by atoms with van der Waals surface area (Å²) in [6, 6.07) is 7.87. The number of carbonyl (C=O) groups is 3. The molecule has 1 fully saturated rings. The third kappa shape index (κ3) is 5.05. The molecule has 1 aliphatic rings. The van der Waals surface area contributed by atoms with Crippen molar-refractivity contribution >= 4 is 28.7 Å². The van der Waals surface area contributed by atoms with Gasteiger partial charge in [-0.05, 0) is 31.4 Å². The molecule has 7 N–H and O–H groups in total. The van der Waals surface area contributed by atoms with E-state index in [-0.39, 0.29) is 24.4 Å². The average Bonchev–Trinajstić information content (AvgIpc) is 3.09. The molecule has 156 valence electrons. The largest absolute Gasteiger partial charge is 0.368 e. The first kappa shape index (κ1) is 20.7. The SMILES string of the molecule is CC(C)NC(=O)N1CC[NH2+]C[C@H]1C(=O)N[C@H](Cc1cc2ccccc2[nH]1)C(N)=O. The van der Waals surface area contributed by atoms with Crippen molar-refractivity contribution in [1.82, 2.24) is 20.5 Å². The lowest BCUT2D eigenvalue weighted by molar-refractivity contribution is -0.665. The van der Waals surface area contributed by atoms with Crippen LogP contribution in [0.4, 0.5) is 4.79 Å². The van der Waals surface area contributed by atoms with Gasteiger partial charge in [0.25, 0.3) is 0 Å². The summed E-state index contributed by atoms with van der Waals surface area (Å²) in [7, 11) is 0. The second-order valence-electron chi connectivity index (χ2n) is 7.68. The smallest absolute Gasteiger partial charge is 0.318 e. The fourth-order valence-electron chi connectivity index (χ4n) is 3.56. The van der Waals surface area contributed by atoms with Crippen LogP contribution in [-0.4, -0.2) is 65.5 Å². The molecule has 1 aliphatic heterocycles. The van der Waals surface area contributed by atoms with Crippen LogP contribution in [0, 0.1) is 0 Å². The number of nitrogens with zero attached hydrogens (tertiary/aromatic N) is 1. The number of hydrogen-bond acceptors (Lipinski definition) is 3. The molecule has 0 bridgehead atoms. The Morgan fingerprint density at radius 2 is 2.03 bits per heavy atom. The summed E-state index contributed by atoms with van der Waals surface area (Å²) in [5, 5.41) is 8.58. The Balaban J connectivity index is 1.70. The van der Waals surface area contributed by atoms with Crippen LogP contribution in [0.5, 0.6) is 0 Å². The number of carbonyl (C=O) groups excluding carboxylic acids is 3. The molecule has 3 rings (SSSR count). The molecular formula is C20H29N6O3+. The van der Waals surface area contributed by atoms with Crippen molar-refractivity contribution in [3.63, 3.8) is 0 Å². The first-order valence-electron chi connectivity index (χ1n) is 9.90. The van der Waals surface area contributed by atoms with E-state index < -0.39 is 18.0 Å². The fourth-order valence-corrected chi connectivity index (χ4v) is 3.56. The summed E-state index contributed by atoms with van der Waals surface area (Å²) in [5.74, 6) is -0.991. The highest BCUT2D eigenvalue weighted by Gasteiger charge is 2.36. The van der Waals surface area contributed by atoms with E-state index in [1.54, 1.807) is 0 Å². The molecule has 0 saturated carbocycles. The lowest BCUT2D eigenvalue weighted by Gasteiger charge is -2.34. The number of fused-ring (bicyclic) bond motifs is 1. The van der Waals surface area contributed by atoms with Crippen molar-refractivity contribution in [3.8, 4) is 0 Å². The summed E-state index contributed by atoms with van der Waals surface area (Å²) in [6.45, 7) is 5.36. The summed E-state index contributed by atoms with van der Waals surface area (Å²) in [4.78, 5) is 42.1. The minimum absolute atomic E-state index is 0.0301. The summed E-state index contributed by atoms with van der Waals surface area (Å²) < 4.78 is 0. The van der Waals surface area contributed by atoms with Gasteiger partial charge in [0, 0.05) is 23.7 Å². The zero-order valence-electron chi connectivity index (χ0n) is 16.8. The van der Waals surface area contributed by atoms with E-state index in [1.807, 2.05) is 49.5 Å². The molecule has 4 amide bonds. The van der Waals surface area contributed by atoms with Gasteiger partial charge in [0.15, 0.2) is 6.04 Å². The van der Waals surface area contributed by atoms with Crippen LogP contribution in [0.25, 0.3) is 10.9 Å². The molecule has 29 heavy (non-hydrogen) atoms. The van der Waals surface area contributed by atoms with Crippen LogP contribution >= 0.6 is 0 Å². The van der Waals surface area contributed by atoms with E-state index in [2.05, 4.69) is 15.6 Å². The molecule has 2 atom stereocenters. The van der Waals surface area contributed by atoms with Gasteiger partial charge >= 0.3 is 6.03 Å². The van der Waals surface area contributed by atoms with Crippen LogP contribution < -0.4 is 21.7 Å². The fraction of sp³-hybridized carbons (Fsp3) is 0.450. The normalized spacial score (nSPS) is 17.9. The number of H-pyrrole nitrogens is 1. The number of hydrogen-bond donors (Lipinski definition) is 5. The Hall–Kier alpha value is -3.07. The number of nitrogens with two attached hydrogens (primary N) is 2. The Kier molecular flexibility index (Phi) is 6.38. The highest BCUT2D eigenvalue weighted by atomic mass is 16.2. The Labute approximate surface area is 169 Å². The van der Waals surface area contributed by atoms with Gasteiger partial charge in [-0.25, -0.2) is 4.79 Å². The van der Waals surface area contributed by atoms with Gasteiger partial charge in [0.1, 0.15) is 12.6 Å². The number of piperazine rings is 1. The second kappa shape index (κ2) is 8.95. The maximum atomic E-state index is 12.9. The zero-order valence-corrected chi connectivity index (χ0v) is 16.8. The zero-order chi connectivity index (χ0) is 21.0.